The molecule has 86 valence electrons. The van der Waals surface area contributed by atoms with Gasteiger partial charge in [-0.1, -0.05) is 0 Å². The van der Waals surface area contributed by atoms with Gasteiger partial charge in [-0.15, -0.1) is 0 Å². The fourth-order valence-electron chi connectivity index (χ4n) is 1.38. The van der Waals surface area contributed by atoms with Crippen LogP contribution in [0.3, 0.4) is 0 Å². The van der Waals surface area contributed by atoms with Gasteiger partial charge in [-0.2, -0.15) is 0 Å². The van der Waals surface area contributed by atoms with Gasteiger partial charge in [0.15, 0.2) is 0 Å². The predicted molar refractivity (Wildman–Crippen MR) is 59.6 cm³/mol. The number of aromatic nitrogens is 2. The molecule has 0 saturated heterocycles. The van der Waals surface area contributed by atoms with E-state index in [1.165, 1.54) is 12.8 Å². The van der Waals surface area contributed by atoms with Gasteiger partial charge < -0.3 is 10.6 Å². The molecular formula is C11H16N4O. The molecule has 1 aliphatic carbocycles. The van der Waals surface area contributed by atoms with Gasteiger partial charge in [-0.3, -0.25) is 4.79 Å². The topological polar surface area (TPSA) is 66.9 Å². The average Bonchev–Trinajstić information content (AvgIpc) is 3.07. The number of nitrogens with one attached hydrogen (secondary N) is 2. The summed E-state index contributed by atoms with van der Waals surface area (Å²) in [6, 6.07) is 2.37. The first-order chi connectivity index (χ1) is 7.74. The van der Waals surface area contributed by atoms with Crippen LogP contribution in [0, 0.1) is 6.92 Å². The zero-order valence-electron chi connectivity index (χ0n) is 9.36. The Morgan fingerprint density at radius 2 is 2.38 bits per heavy atom. The standard InChI is InChI=1S/C11H16N4O/c1-8-12-5-4-10(15-8)6-14-11(16)7-13-9-2-3-9/h4-5,9,13H,2-3,6-7H2,1H3,(H,14,16). The number of rotatable bonds is 5. The van der Waals surface area contributed by atoms with Crippen molar-refractivity contribution in [2.75, 3.05) is 6.54 Å². The SMILES string of the molecule is Cc1nccc(CNC(=O)CNC2CC2)n1. The Morgan fingerprint density at radius 3 is 3.06 bits per heavy atom. The van der Waals surface area contributed by atoms with Crippen molar-refractivity contribution < 1.29 is 4.79 Å². The van der Waals surface area contributed by atoms with Crippen LogP contribution in [0.2, 0.25) is 0 Å². The normalized spacial score (nSPS) is 14.8. The molecule has 0 atom stereocenters. The van der Waals surface area contributed by atoms with Crippen LogP contribution in [0.4, 0.5) is 0 Å². The third-order valence-corrected chi connectivity index (χ3v) is 2.43. The van der Waals surface area contributed by atoms with Crippen LogP contribution in [0.1, 0.15) is 24.4 Å². The second kappa shape index (κ2) is 5.03. The zero-order chi connectivity index (χ0) is 11.4. The molecule has 16 heavy (non-hydrogen) atoms. The van der Waals surface area contributed by atoms with Crippen LogP contribution in [0.25, 0.3) is 0 Å². The van der Waals surface area contributed by atoms with Gasteiger partial charge in [0, 0.05) is 12.2 Å². The maximum Gasteiger partial charge on any atom is 0.234 e. The second-order valence-corrected chi connectivity index (χ2v) is 4.03. The molecule has 1 aromatic heterocycles. The van der Waals surface area contributed by atoms with Crippen LogP contribution in [0.5, 0.6) is 0 Å². The Labute approximate surface area is 94.7 Å². The Hall–Kier alpha value is -1.49. The number of hydrogen-bond donors (Lipinski definition) is 2. The summed E-state index contributed by atoms with van der Waals surface area (Å²) in [6.07, 6.45) is 4.09. The van der Waals surface area contributed by atoms with Gasteiger partial charge in [-0.25, -0.2) is 9.97 Å². The van der Waals surface area contributed by atoms with Crippen molar-refractivity contribution in [3.05, 3.63) is 23.8 Å². The molecule has 0 aromatic carbocycles. The highest BCUT2D eigenvalue weighted by Crippen LogP contribution is 2.17. The van der Waals surface area contributed by atoms with E-state index in [9.17, 15) is 4.79 Å². The van der Waals surface area contributed by atoms with Gasteiger partial charge in [0.05, 0.1) is 18.8 Å². The monoisotopic (exact) mass is 220 g/mol. The molecular weight excluding hydrogens is 204 g/mol. The summed E-state index contributed by atoms with van der Waals surface area (Å²) in [6.45, 7) is 2.70. The molecule has 1 aliphatic rings. The van der Waals surface area contributed by atoms with Crippen molar-refractivity contribution in [3.8, 4) is 0 Å². The summed E-state index contributed by atoms with van der Waals surface area (Å²) in [5.74, 6) is 0.742. The molecule has 0 aliphatic heterocycles. The molecule has 0 radical (unpaired) electrons. The molecule has 5 nitrogen and oxygen atoms in total. The van der Waals surface area contributed by atoms with E-state index in [0.29, 0.717) is 19.1 Å². The van der Waals surface area contributed by atoms with Gasteiger partial charge in [0.2, 0.25) is 5.91 Å². The minimum atomic E-state index is 0.0168. The van der Waals surface area contributed by atoms with Gasteiger partial charge >= 0.3 is 0 Å². The predicted octanol–water partition coefficient (Wildman–Crippen LogP) is 0.153. The van der Waals surface area contributed by atoms with Gasteiger partial charge in [0.25, 0.3) is 0 Å². The molecule has 1 fully saturated rings. The molecule has 0 unspecified atom stereocenters. The maximum absolute atomic E-state index is 11.4. The Kier molecular flexibility index (Phi) is 3.46. The van der Waals surface area contributed by atoms with E-state index in [1.54, 1.807) is 6.20 Å². The lowest BCUT2D eigenvalue weighted by Gasteiger charge is -2.05. The highest BCUT2D eigenvalue weighted by Gasteiger charge is 2.20. The van der Waals surface area contributed by atoms with E-state index in [1.807, 2.05) is 13.0 Å². The smallest absolute Gasteiger partial charge is 0.234 e. The maximum atomic E-state index is 11.4. The van der Waals surface area contributed by atoms with E-state index in [-0.39, 0.29) is 5.91 Å². The van der Waals surface area contributed by atoms with E-state index < -0.39 is 0 Å². The van der Waals surface area contributed by atoms with Crippen molar-refractivity contribution in [2.45, 2.75) is 32.4 Å². The number of aryl methyl sites for hydroxylation is 1. The van der Waals surface area contributed by atoms with Crippen LogP contribution >= 0.6 is 0 Å². The van der Waals surface area contributed by atoms with Gasteiger partial charge in [-0.05, 0) is 25.8 Å². The Balaban J connectivity index is 1.71. The summed E-state index contributed by atoms with van der Waals surface area (Å²) < 4.78 is 0. The first-order valence-corrected chi connectivity index (χ1v) is 5.52. The third kappa shape index (κ3) is 3.58. The van der Waals surface area contributed by atoms with Crippen molar-refractivity contribution in [1.82, 2.24) is 20.6 Å². The first-order valence-electron chi connectivity index (χ1n) is 5.52. The van der Waals surface area contributed by atoms with Crippen LogP contribution in [-0.4, -0.2) is 28.5 Å². The zero-order valence-corrected chi connectivity index (χ0v) is 9.36. The van der Waals surface area contributed by atoms with Crippen LogP contribution in [0.15, 0.2) is 12.3 Å². The highest BCUT2D eigenvalue weighted by atomic mass is 16.1. The summed E-state index contributed by atoms with van der Waals surface area (Å²) >= 11 is 0. The second-order valence-electron chi connectivity index (χ2n) is 4.03. The minimum Gasteiger partial charge on any atom is -0.349 e. The molecule has 1 aromatic rings. The number of hydrogen-bond acceptors (Lipinski definition) is 4. The van der Waals surface area contributed by atoms with E-state index >= 15 is 0 Å². The lowest BCUT2D eigenvalue weighted by Crippen LogP contribution is -2.34. The van der Waals surface area contributed by atoms with E-state index in [4.69, 9.17) is 0 Å². The van der Waals surface area contributed by atoms with Crippen LogP contribution in [-0.2, 0) is 11.3 Å². The molecule has 2 N–H and O–H groups in total. The molecule has 5 heteroatoms. The highest BCUT2D eigenvalue weighted by molar-refractivity contribution is 5.77. The van der Waals surface area contributed by atoms with Crippen LogP contribution < -0.4 is 10.6 Å². The lowest BCUT2D eigenvalue weighted by molar-refractivity contribution is -0.120. The molecule has 0 spiro atoms. The molecule has 2 rings (SSSR count). The largest absolute Gasteiger partial charge is 0.349 e. The van der Waals surface area contributed by atoms with Crippen molar-refractivity contribution >= 4 is 5.91 Å². The molecule has 0 bridgehead atoms. The summed E-state index contributed by atoms with van der Waals surface area (Å²) in [7, 11) is 0. The third-order valence-electron chi connectivity index (χ3n) is 2.43. The number of carbonyl (C=O) groups is 1. The quantitative estimate of drug-likeness (QED) is 0.741. The van der Waals surface area contributed by atoms with Crippen molar-refractivity contribution in [2.24, 2.45) is 0 Å². The molecule has 1 saturated carbocycles. The summed E-state index contributed by atoms with van der Waals surface area (Å²) in [5.41, 5.74) is 0.840. The fraction of sp³-hybridized carbons (Fsp3) is 0.545. The van der Waals surface area contributed by atoms with E-state index in [2.05, 4.69) is 20.6 Å². The fourth-order valence-corrected chi connectivity index (χ4v) is 1.38. The Morgan fingerprint density at radius 1 is 1.56 bits per heavy atom. The number of nitrogens with zero attached hydrogens (tertiary/aromatic N) is 2. The first kappa shape index (κ1) is 11.0. The van der Waals surface area contributed by atoms with E-state index in [0.717, 1.165) is 11.5 Å². The molecule has 1 amide bonds. The van der Waals surface area contributed by atoms with Crippen molar-refractivity contribution in [1.29, 1.82) is 0 Å². The number of carbonyl (C=O) groups excluding carboxylic acids is 1. The Bertz CT molecular complexity index is 376. The van der Waals surface area contributed by atoms with Gasteiger partial charge in [0.1, 0.15) is 5.82 Å². The summed E-state index contributed by atoms with van der Waals surface area (Å²) in [4.78, 5) is 19.6. The average molecular weight is 220 g/mol. The van der Waals surface area contributed by atoms with Crippen molar-refractivity contribution in [3.63, 3.8) is 0 Å². The lowest BCUT2D eigenvalue weighted by atomic mass is 10.4. The molecule has 1 heterocycles. The summed E-state index contributed by atoms with van der Waals surface area (Å²) in [5, 5.41) is 5.98. The number of amides is 1. The minimum absolute atomic E-state index is 0.0168.